The average Bonchev–Trinajstić information content (AvgIpc) is 2.13. The van der Waals surface area contributed by atoms with Crippen molar-refractivity contribution in [2.24, 2.45) is 0 Å². The summed E-state index contributed by atoms with van der Waals surface area (Å²) in [6, 6.07) is 0. The van der Waals surface area contributed by atoms with Gasteiger partial charge in [0.25, 0.3) is 5.56 Å². The first kappa shape index (κ1) is 10.4. The first-order valence-electron chi connectivity index (χ1n) is 4.03. The third-order valence-corrected chi connectivity index (χ3v) is 2.67. The number of halogens is 1. The Kier molecular flexibility index (Phi) is 3.62. The van der Waals surface area contributed by atoms with E-state index in [1.807, 2.05) is 7.05 Å². The molecule has 0 bridgehead atoms. The van der Waals surface area contributed by atoms with E-state index in [1.165, 1.54) is 0 Å². The Balaban J connectivity index is 2.97. The van der Waals surface area contributed by atoms with Crippen LogP contribution in [0.2, 0.25) is 0 Å². The smallest absolute Gasteiger partial charge is 0.267 e. The largest absolute Gasteiger partial charge is 0.318 e. The standard InChI is InChI=1S/C8H12BrN3O/c1-6-7(9)8(13)12(5-11-6)4-3-10-2/h5,10H,3-4H2,1-2H3. The molecule has 1 rings (SSSR count). The van der Waals surface area contributed by atoms with Gasteiger partial charge in [0.05, 0.1) is 12.0 Å². The molecule has 0 unspecified atom stereocenters. The molecular formula is C8H12BrN3O. The van der Waals surface area contributed by atoms with E-state index < -0.39 is 0 Å². The highest BCUT2D eigenvalue weighted by Crippen LogP contribution is 2.05. The first-order valence-corrected chi connectivity index (χ1v) is 4.82. The van der Waals surface area contributed by atoms with Crippen molar-refractivity contribution < 1.29 is 0 Å². The SMILES string of the molecule is CNCCn1cnc(C)c(Br)c1=O. The highest BCUT2D eigenvalue weighted by molar-refractivity contribution is 9.10. The van der Waals surface area contributed by atoms with Crippen LogP contribution in [0.3, 0.4) is 0 Å². The van der Waals surface area contributed by atoms with Gasteiger partial charge in [-0.05, 0) is 29.9 Å². The van der Waals surface area contributed by atoms with Crippen LogP contribution in [-0.2, 0) is 6.54 Å². The van der Waals surface area contributed by atoms with Crippen LogP contribution < -0.4 is 10.9 Å². The molecule has 5 heteroatoms. The van der Waals surface area contributed by atoms with Crippen LogP contribution >= 0.6 is 15.9 Å². The van der Waals surface area contributed by atoms with Crippen molar-refractivity contribution in [3.05, 3.63) is 26.8 Å². The Hall–Kier alpha value is -0.680. The maximum Gasteiger partial charge on any atom is 0.267 e. The molecule has 72 valence electrons. The summed E-state index contributed by atoms with van der Waals surface area (Å²) in [6.07, 6.45) is 1.57. The second-order valence-electron chi connectivity index (χ2n) is 2.75. The lowest BCUT2D eigenvalue weighted by atomic mass is 10.4. The van der Waals surface area contributed by atoms with Crippen LogP contribution in [0.4, 0.5) is 0 Å². The molecule has 0 atom stereocenters. The third-order valence-electron chi connectivity index (χ3n) is 1.76. The molecular weight excluding hydrogens is 234 g/mol. The van der Waals surface area contributed by atoms with E-state index in [9.17, 15) is 4.79 Å². The van der Waals surface area contributed by atoms with E-state index >= 15 is 0 Å². The van der Waals surface area contributed by atoms with Crippen molar-refractivity contribution in [3.8, 4) is 0 Å². The van der Waals surface area contributed by atoms with E-state index in [-0.39, 0.29) is 5.56 Å². The topological polar surface area (TPSA) is 46.9 Å². The molecule has 0 aliphatic rings. The number of hydrogen-bond donors (Lipinski definition) is 1. The van der Waals surface area contributed by atoms with E-state index in [4.69, 9.17) is 0 Å². The molecule has 0 aliphatic carbocycles. The fourth-order valence-electron chi connectivity index (χ4n) is 0.938. The molecule has 1 aromatic rings. The molecule has 1 N–H and O–H groups in total. The summed E-state index contributed by atoms with van der Waals surface area (Å²) < 4.78 is 2.12. The summed E-state index contributed by atoms with van der Waals surface area (Å²) in [5.41, 5.74) is 0.702. The second-order valence-corrected chi connectivity index (χ2v) is 3.54. The second kappa shape index (κ2) is 4.53. The molecule has 13 heavy (non-hydrogen) atoms. The summed E-state index contributed by atoms with van der Waals surface area (Å²) in [5, 5.41) is 2.97. The van der Waals surface area contributed by atoms with Gasteiger partial charge in [-0.3, -0.25) is 9.36 Å². The average molecular weight is 246 g/mol. The van der Waals surface area contributed by atoms with Crippen molar-refractivity contribution in [1.29, 1.82) is 0 Å². The molecule has 1 aromatic heterocycles. The van der Waals surface area contributed by atoms with Crippen molar-refractivity contribution in [2.75, 3.05) is 13.6 Å². The quantitative estimate of drug-likeness (QED) is 0.846. The lowest BCUT2D eigenvalue weighted by Crippen LogP contribution is -2.26. The van der Waals surface area contributed by atoms with E-state index in [0.29, 0.717) is 11.0 Å². The Bertz CT molecular complexity index is 348. The Morgan fingerprint density at radius 2 is 2.38 bits per heavy atom. The summed E-state index contributed by atoms with van der Waals surface area (Å²) in [6.45, 7) is 3.20. The summed E-state index contributed by atoms with van der Waals surface area (Å²) in [5.74, 6) is 0. The minimum Gasteiger partial charge on any atom is -0.318 e. The summed E-state index contributed by atoms with van der Waals surface area (Å²) in [7, 11) is 1.85. The summed E-state index contributed by atoms with van der Waals surface area (Å²) >= 11 is 3.21. The van der Waals surface area contributed by atoms with Crippen molar-refractivity contribution in [1.82, 2.24) is 14.9 Å². The van der Waals surface area contributed by atoms with Gasteiger partial charge in [-0.2, -0.15) is 0 Å². The number of nitrogens with one attached hydrogen (secondary N) is 1. The number of aryl methyl sites for hydroxylation is 1. The highest BCUT2D eigenvalue weighted by atomic mass is 79.9. The van der Waals surface area contributed by atoms with Gasteiger partial charge >= 0.3 is 0 Å². The molecule has 4 nitrogen and oxygen atoms in total. The van der Waals surface area contributed by atoms with Crippen LogP contribution in [0.25, 0.3) is 0 Å². The fourth-order valence-corrected chi connectivity index (χ4v) is 1.27. The zero-order valence-electron chi connectivity index (χ0n) is 7.67. The Morgan fingerprint density at radius 3 is 3.00 bits per heavy atom. The van der Waals surface area contributed by atoms with Gasteiger partial charge in [0.2, 0.25) is 0 Å². The molecule has 0 radical (unpaired) electrons. The zero-order chi connectivity index (χ0) is 9.84. The number of hydrogen-bond acceptors (Lipinski definition) is 3. The molecule has 0 aliphatic heterocycles. The molecule has 0 saturated heterocycles. The molecule has 0 saturated carbocycles. The maximum absolute atomic E-state index is 11.5. The predicted molar refractivity (Wildman–Crippen MR) is 54.9 cm³/mol. The first-order chi connectivity index (χ1) is 6.16. The molecule has 1 heterocycles. The fraction of sp³-hybridized carbons (Fsp3) is 0.500. The number of likely N-dealkylation sites (N-methyl/N-ethyl adjacent to an activating group) is 1. The monoisotopic (exact) mass is 245 g/mol. The van der Waals surface area contributed by atoms with Gasteiger partial charge < -0.3 is 5.32 Å². The van der Waals surface area contributed by atoms with Gasteiger partial charge in [0.1, 0.15) is 4.47 Å². The minimum atomic E-state index is -0.0252. The Labute approximate surface area is 85.1 Å². The third kappa shape index (κ3) is 2.38. The van der Waals surface area contributed by atoms with Crippen molar-refractivity contribution >= 4 is 15.9 Å². The van der Waals surface area contributed by atoms with Crippen molar-refractivity contribution in [2.45, 2.75) is 13.5 Å². The van der Waals surface area contributed by atoms with Crippen LogP contribution in [-0.4, -0.2) is 23.1 Å². The van der Waals surface area contributed by atoms with E-state index in [1.54, 1.807) is 17.8 Å². The zero-order valence-corrected chi connectivity index (χ0v) is 9.26. The summed E-state index contributed by atoms with van der Waals surface area (Å²) in [4.78, 5) is 15.6. The van der Waals surface area contributed by atoms with Crippen LogP contribution in [0.1, 0.15) is 5.69 Å². The Morgan fingerprint density at radius 1 is 1.69 bits per heavy atom. The number of nitrogens with zero attached hydrogens (tertiary/aromatic N) is 2. The normalized spacial score (nSPS) is 10.4. The lowest BCUT2D eigenvalue weighted by Gasteiger charge is -2.05. The van der Waals surface area contributed by atoms with Gasteiger partial charge in [-0.15, -0.1) is 0 Å². The predicted octanol–water partition coefficient (Wildman–Crippen LogP) is 0.534. The molecule has 0 fully saturated rings. The van der Waals surface area contributed by atoms with Gasteiger partial charge in [0, 0.05) is 13.1 Å². The minimum absolute atomic E-state index is 0.0252. The van der Waals surface area contributed by atoms with E-state index in [2.05, 4.69) is 26.2 Å². The van der Waals surface area contributed by atoms with Gasteiger partial charge in [-0.25, -0.2) is 4.98 Å². The van der Waals surface area contributed by atoms with Crippen LogP contribution in [0.15, 0.2) is 15.6 Å². The van der Waals surface area contributed by atoms with Gasteiger partial charge in [0.15, 0.2) is 0 Å². The van der Waals surface area contributed by atoms with E-state index in [0.717, 1.165) is 12.2 Å². The molecule has 0 aromatic carbocycles. The maximum atomic E-state index is 11.5. The number of rotatable bonds is 3. The highest BCUT2D eigenvalue weighted by Gasteiger charge is 2.03. The lowest BCUT2D eigenvalue weighted by molar-refractivity contribution is 0.611. The number of aromatic nitrogens is 2. The molecule has 0 amide bonds. The molecule has 0 spiro atoms. The van der Waals surface area contributed by atoms with Gasteiger partial charge in [-0.1, -0.05) is 0 Å². The van der Waals surface area contributed by atoms with Crippen LogP contribution in [0.5, 0.6) is 0 Å². The van der Waals surface area contributed by atoms with Crippen molar-refractivity contribution in [3.63, 3.8) is 0 Å². The van der Waals surface area contributed by atoms with Crippen LogP contribution in [0, 0.1) is 6.92 Å².